The maximum absolute atomic E-state index is 11.9. The molecule has 4 nitrogen and oxygen atoms in total. The second-order valence-corrected chi connectivity index (χ2v) is 5.98. The number of hydrogen-bond acceptors (Lipinski definition) is 4. The van der Waals surface area contributed by atoms with Gasteiger partial charge in [0.1, 0.15) is 10.8 Å². The zero-order valence-corrected chi connectivity index (χ0v) is 13.2. The van der Waals surface area contributed by atoms with Crippen molar-refractivity contribution in [3.63, 3.8) is 0 Å². The number of thiazole rings is 1. The van der Waals surface area contributed by atoms with E-state index in [2.05, 4.69) is 10.3 Å². The predicted molar refractivity (Wildman–Crippen MR) is 86.8 cm³/mol. The summed E-state index contributed by atoms with van der Waals surface area (Å²) < 4.78 is 5.17. The molecule has 0 atom stereocenters. The van der Waals surface area contributed by atoms with Crippen LogP contribution in [-0.2, 0) is 17.8 Å². The Morgan fingerprint density at radius 1 is 1.32 bits per heavy atom. The highest BCUT2D eigenvalue weighted by atomic mass is 35.5. The van der Waals surface area contributed by atoms with E-state index in [1.165, 1.54) is 11.3 Å². The first kappa shape index (κ1) is 14.8. The zero-order valence-electron chi connectivity index (χ0n) is 11.6. The minimum Gasteiger partial charge on any atom is -0.467 e. The molecule has 1 amide bonds. The van der Waals surface area contributed by atoms with E-state index in [1.54, 1.807) is 12.3 Å². The van der Waals surface area contributed by atoms with Gasteiger partial charge in [-0.25, -0.2) is 4.98 Å². The molecule has 0 radical (unpaired) electrons. The SMILES string of the molecule is O=C(Cc1csc(-c2cccc(Cl)c2)n1)NCc1ccco1. The molecule has 0 aliphatic heterocycles. The van der Waals surface area contributed by atoms with E-state index in [4.69, 9.17) is 16.0 Å². The molecular weight excluding hydrogens is 320 g/mol. The molecule has 6 heteroatoms. The number of amides is 1. The number of nitrogens with zero attached hydrogens (tertiary/aromatic N) is 1. The van der Waals surface area contributed by atoms with Gasteiger partial charge >= 0.3 is 0 Å². The molecule has 1 aromatic carbocycles. The third kappa shape index (κ3) is 3.75. The van der Waals surface area contributed by atoms with E-state index in [0.29, 0.717) is 11.6 Å². The van der Waals surface area contributed by atoms with Crippen molar-refractivity contribution in [2.75, 3.05) is 0 Å². The Labute approximate surface area is 136 Å². The van der Waals surface area contributed by atoms with Gasteiger partial charge in [-0.1, -0.05) is 23.7 Å². The lowest BCUT2D eigenvalue weighted by Crippen LogP contribution is -2.24. The van der Waals surface area contributed by atoms with Gasteiger partial charge in [-0.2, -0.15) is 0 Å². The number of nitrogens with one attached hydrogen (secondary N) is 1. The first-order valence-corrected chi connectivity index (χ1v) is 7.96. The highest BCUT2D eigenvalue weighted by molar-refractivity contribution is 7.13. The minimum absolute atomic E-state index is 0.0839. The Bertz CT molecular complexity index is 768. The summed E-state index contributed by atoms with van der Waals surface area (Å²) in [5.74, 6) is 0.644. The molecule has 3 rings (SSSR count). The van der Waals surface area contributed by atoms with Crippen molar-refractivity contribution in [1.82, 2.24) is 10.3 Å². The molecule has 1 N–H and O–H groups in total. The van der Waals surface area contributed by atoms with Crippen LogP contribution in [0.2, 0.25) is 5.02 Å². The first-order chi connectivity index (χ1) is 10.7. The summed E-state index contributed by atoms with van der Waals surface area (Å²) in [6.07, 6.45) is 1.83. The molecular formula is C16H13ClN2O2S. The maximum atomic E-state index is 11.9. The van der Waals surface area contributed by atoms with E-state index in [0.717, 1.165) is 22.0 Å². The predicted octanol–water partition coefficient (Wildman–Crippen LogP) is 3.92. The van der Waals surface area contributed by atoms with Gasteiger partial charge < -0.3 is 9.73 Å². The molecule has 0 saturated heterocycles. The van der Waals surface area contributed by atoms with Gasteiger partial charge in [-0.3, -0.25) is 4.79 Å². The third-order valence-electron chi connectivity index (χ3n) is 3.00. The quantitative estimate of drug-likeness (QED) is 0.770. The highest BCUT2D eigenvalue weighted by Gasteiger charge is 2.09. The average molecular weight is 333 g/mol. The van der Waals surface area contributed by atoms with E-state index in [1.807, 2.05) is 35.7 Å². The number of hydrogen-bond donors (Lipinski definition) is 1. The van der Waals surface area contributed by atoms with E-state index >= 15 is 0 Å². The van der Waals surface area contributed by atoms with Crippen LogP contribution in [0.5, 0.6) is 0 Å². The summed E-state index contributed by atoms with van der Waals surface area (Å²) in [5.41, 5.74) is 1.71. The summed E-state index contributed by atoms with van der Waals surface area (Å²) >= 11 is 7.48. The molecule has 0 unspecified atom stereocenters. The standard InChI is InChI=1S/C16H13ClN2O2S/c17-12-4-1-3-11(7-12)16-19-13(10-22-16)8-15(20)18-9-14-5-2-6-21-14/h1-7,10H,8-9H2,(H,18,20). The molecule has 0 fully saturated rings. The summed E-state index contributed by atoms with van der Waals surface area (Å²) in [4.78, 5) is 16.4. The van der Waals surface area contributed by atoms with Crippen molar-refractivity contribution in [2.45, 2.75) is 13.0 Å². The topological polar surface area (TPSA) is 55.1 Å². The number of benzene rings is 1. The molecule has 3 aromatic rings. The lowest BCUT2D eigenvalue weighted by molar-refractivity contribution is -0.120. The number of carbonyl (C=O) groups is 1. The lowest BCUT2D eigenvalue weighted by atomic mass is 10.2. The first-order valence-electron chi connectivity index (χ1n) is 6.70. The molecule has 0 saturated carbocycles. The van der Waals surface area contributed by atoms with Gasteiger partial charge in [0.05, 0.1) is 24.9 Å². The summed E-state index contributed by atoms with van der Waals surface area (Å²) in [6, 6.07) is 11.1. The Hall–Kier alpha value is -2.11. The fourth-order valence-electron chi connectivity index (χ4n) is 1.97. The Morgan fingerprint density at radius 3 is 3.00 bits per heavy atom. The van der Waals surface area contributed by atoms with Gasteiger partial charge in [0, 0.05) is 16.0 Å². The number of aromatic nitrogens is 1. The summed E-state index contributed by atoms with van der Waals surface area (Å²) in [6.45, 7) is 0.386. The van der Waals surface area contributed by atoms with Crippen LogP contribution in [0, 0.1) is 0 Å². The van der Waals surface area contributed by atoms with Gasteiger partial charge in [-0.05, 0) is 24.3 Å². The van der Waals surface area contributed by atoms with Crippen LogP contribution >= 0.6 is 22.9 Å². The fraction of sp³-hybridized carbons (Fsp3) is 0.125. The van der Waals surface area contributed by atoms with Crippen LogP contribution < -0.4 is 5.32 Å². The average Bonchev–Trinajstić information content (AvgIpc) is 3.16. The summed E-state index contributed by atoms with van der Waals surface area (Å²) in [7, 11) is 0. The molecule has 0 aliphatic rings. The fourth-order valence-corrected chi connectivity index (χ4v) is 2.98. The lowest BCUT2D eigenvalue weighted by Gasteiger charge is -2.01. The normalized spacial score (nSPS) is 10.6. The number of rotatable bonds is 5. The van der Waals surface area contributed by atoms with Gasteiger partial charge in [-0.15, -0.1) is 11.3 Å². The zero-order chi connectivity index (χ0) is 15.4. The molecule has 112 valence electrons. The number of furan rings is 1. The Balaban J connectivity index is 1.60. The van der Waals surface area contributed by atoms with E-state index < -0.39 is 0 Å². The van der Waals surface area contributed by atoms with Crippen LogP contribution in [0.4, 0.5) is 0 Å². The van der Waals surface area contributed by atoms with E-state index in [-0.39, 0.29) is 12.3 Å². The molecule has 22 heavy (non-hydrogen) atoms. The molecule has 0 spiro atoms. The van der Waals surface area contributed by atoms with Gasteiger partial charge in [0.2, 0.25) is 5.91 Å². The molecule has 2 aromatic heterocycles. The highest BCUT2D eigenvalue weighted by Crippen LogP contribution is 2.26. The Morgan fingerprint density at radius 2 is 2.23 bits per heavy atom. The van der Waals surface area contributed by atoms with Gasteiger partial charge in [0.15, 0.2) is 0 Å². The van der Waals surface area contributed by atoms with Crippen molar-refractivity contribution >= 4 is 28.8 Å². The van der Waals surface area contributed by atoms with E-state index in [9.17, 15) is 4.79 Å². The largest absolute Gasteiger partial charge is 0.467 e. The van der Waals surface area contributed by atoms with Crippen LogP contribution in [0.1, 0.15) is 11.5 Å². The van der Waals surface area contributed by atoms with Crippen LogP contribution in [0.3, 0.4) is 0 Å². The molecule has 0 bridgehead atoms. The van der Waals surface area contributed by atoms with Crippen molar-refractivity contribution < 1.29 is 9.21 Å². The maximum Gasteiger partial charge on any atom is 0.226 e. The smallest absolute Gasteiger partial charge is 0.226 e. The molecule has 0 aliphatic carbocycles. The van der Waals surface area contributed by atoms with Crippen LogP contribution in [0.15, 0.2) is 52.5 Å². The third-order valence-corrected chi connectivity index (χ3v) is 4.18. The van der Waals surface area contributed by atoms with Crippen molar-refractivity contribution in [1.29, 1.82) is 0 Å². The van der Waals surface area contributed by atoms with Gasteiger partial charge in [0.25, 0.3) is 0 Å². The second kappa shape index (κ2) is 6.77. The van der Waals surface area contributed by atoms with Crippen molar-refractivity contribution in [2.24, 2.45) is 0 Å². The van der Waals surface area contributed by atoms with Crippen molar-refractivity contribution in [3.05, 3.63) is 64.5 Å². The Kier molecular flexibility index (Phi) is 4.56. The number of carbonyl (C=O) groups excluding carboxylic acids is 1. The second-order valence-electron chi connectivity index (χ2n) is 4.69. The van der Waals surface area contributed by atoms with Crippen LogP contribution in [0.25, 0.3) is 10.6 Å². The van der Waals surface area contributed by atoms with Crippen molar-refractivity contribution in [3.8, 4) is 10.6 Å². The van der Waals surface area contributed by atoms with Crippen LogP contribution in [-0.4, -0.2) is 10.9 Å². The summed E-state index contributed by atoms with van der Waals surface area (Å²) in [5, 5.41) is 6.22. The minimum atomic E-state index is -0.0839. The monoisotopic (exact) mass is 332 g/mol. The number of halogens is 1. The molecule has 2 heterocycles.